The second-order valence-corrected chi connectivity index (χ2v) is 11.7. The Morgan fingerprint density at radius 1 is 0.900 bits per heavy atom. The number of aryl methyl sites for hydroxylation is 1. The van der Waals surface area contributed by atoms with E-state index in [9.17, 15) is 10.3 Å². The number of ether oxygens (including phenoxy) is 2. The minimum atomic E-state index is -1.59. The molecule has 0 aliphatic carbocycles. The summed E-state index contributed by atoms with van der Waals surface area (Å²) < 4.78 is 12.4. The van der Waals surface area contributed by atoms with Crippen LogP contribution in [0.15, 0.2) is 118 Å². The molecule has 3 N–H and O–H groups in total. The third-order valence-electron chi connectivity index (χ3n) is 8.34. The highest BCUT2D eigenvalue weighted by molar-refractivity contribution is 6.01. The maximum Gasteiger partial charge on any atom is 0.266 e. The number of nitrogens with one attached hydrogen (secondary N) is 2. The Morgan fingerprint density at radius 2 is 1.64 bits per heavy atom. The quantitative estimate of drug-likeness (QED) is 0.0327. The molecular formula is C37H39N9O4. The first-order valence-electron chi connectivity index (χ1n) is 16.5. The van der Waals surface area contributed by atoms with E-state index in [0.717, 1.165) is 19.3 Å². The van der Waals surface area contributed by atoms with E-state index in [1.165, 1.54) is 5.56 Å². The number of carbonyl (C=O) groups excluding carboxylic acids is 1. The molecular weight excluding hydrogens is 634 g/mol. The van der Waals surface area contributed by atoms with Crippen LogP contribution in [-0.4, -0.2) is 42.2 Å². The number of carbonyl (C=O) groups is 1. The Labute approximate surface area is 290 Å². The van der Waals surface area contributed by atoms with Gasteiger partial charge in [0.2, 0.25) is 5.90 Å². The SMILES string of the molecule is [N-]=[N+]=NCc1ccccc1[C@@H]1OC(c2ccc(OCCCO)cc2)=N[C@]1(Cc1ccccc1N=[N+]=[N-])C(=O)NNCCCCc1ccccc1. The van der Waals surface area contributed by atoms with Gasteiger partial charge in [-0.05, 0) is 76.8 Å². The summed E-state index contributed by atoms with van der Waals surface area (Å²) in [6, 6.07) is 31.7. The van der Waals surface area contributed by atoms with Gasteiger partial charge in [-0.2, -0.15) is 0 Å². The molecule has 0 saturated carbocycles. The number of hydrazine groups is 1. The third-order valence-corrected chi connectivity index (χ3v) is 8.34. The Hall–Kier alpha value is -5.84. The molecule has 4 aromatic carbocycles. The Balaban J connectivity index is 1.51. The summed E-state index contributed by atoms with van der Waals surface area (Å²) in [5, 5.41) is 16.8. The summed E-state index contributed by atoms with van der Waals surface area (Å²) in [6.07, 6.45) is 2.24. The van der Waals surface area contributed by atoms with Gasteiger partial charge in [0.1, 0.15) is 5.75 Å². The van der Waals surface area contributed by atoms with Gasteiger partial charge in [-0.25, -0.2) is 10.4 Å². The van der Waals surface area contributed by atoms with Crippen molar-refractivity contribution in [2.45, 2.75) is 50.3 Å². The number of unbranched alkanes of at least 4 members (excludes halogenated alkanes) is 1. The molecule has 1 aliphatic rings. The molecule has 0 saturated heterocycles. The predicted octanol–water partition coefficient (Wildman–Crippen LogP) is 7.34. The fourth-order valence-corrected chi connectivity index (χ4v) is 5.84. The number of hydrogen-bond donors (Lipinski definition) is 3. The zero-order chi connectivity index (χ0) is 35.0. The molecule has 0 spiro atoms. The summed E-state index contributed by atoms with van der Waals surface area (Å²) in [5.74, 6) is 0.398. The van der Waals surface area contributed by atoms with E-state index in [-0.39, 0.29) is 25.5 Å². The first kappa shape index (κ1) is 35.5. The van der Waals surface area contributed by atoms with Crippen LogP contribution in [0.2, 0.25) is 0 Å². The zero-order valence-corrected chi connectivity index (χ0v) is 27.6. The average molecular weight is 674 g/mol. The molecule has 0 radical (unpaired) electrons. The molecule has 13 nitrogen and oxygen atoms in total. The van der Waals surface area contributed by atoms with Crippen molar-refractivity contribution in [3.8, 4) is 5.75 Å². The fraction of sp³-hybridized carbons (Fsp3) is 0.297. The third kappa shape index (κ3) is 8.98. The molecule has 0 unspecified atom stereocenters. The van der Waals surface area contributed by atoms with Crippen molar-refractivity contribution in [2.75, 3.05) is 19.8 Å². The molecule has 1 amide bonds. The monoisotopic (exact) mass is 673 g/mol. The van der Waals surface area contributed by atoms with Crippen LogP contribution in [-0.2, 0) is 28.9 Å². The van der Waals surface area contributed by atoms with E-state index < -0.39 is 17.6 Å². The van der Waals surface area contributed by atoms with Crippen molar-refractivity contribution in [1.82, 2.24) is 10.9 Å². The highest BCUT2D eigenvalue weighted by atomic mass is 16.5. The van der Waals surface area contributed by atoms with Crippen LogP contribution in [0.1, 0.15) is 53.2 Å². The Kier molecular flexibility index (Phi) is 12.8. The van der Waals surface area contributed by atoms with Crippen LogP contribution >= 0.6 is 0 Å². The summed E-state index contributed by atoms with van der Waals surface area (Å²) in [5.41, 5.74) is 27.0. The number of aliphatic hydroxyl groups excluding tert-OH is 1. The van der Waals surface area contributed by atoms with Crippen LogP contribution < -0.4 is 15.6 Å². The second-order valence-electron chi connectivity index (χ2n) is 11.7. The lowest BCUT2D eigenvalue weighted by Crippen LogP contribution is -2.54. The van der Waals surface area contributed by atoms with Crippen molar-refractivity contribution >= 4 is 17.5 Å². The van der Waals surface area contributed by atoms with Crippen molar-refractivity contribution < 1.29 is 19.4 Å². The highest BCUT2D eigenvalue weighted by Gasteiger charge is 2.54. The van der Waals surface area contributed by atoms with Crippen molar-refractivity contribution in [3.63, 3.8) is 0 Å². The number of amides is 1. The standard InChI is InChI=1S/C37H39N9O4/c38-45-41-26-30-15-4-6-16-32(30)34-37(25-29-14-5-7-17-33(29)43-46-39,36(48)44-40-22-9-8-13-27-11-2-1-3-12-27)42-35(50-34)28-18-20-31(21-19-28)49-24-10-23-47/h1-7,11-12,14-21,34,40,47H,8-10,13,22-26H2,(H,44,48)/t34-,37-/m0/s1. The van der Waals surface area contributed by atoms with Gasteiger partial charge in [0.15, 0.2) is 11.6 Å². The number of benzene rings is 4. The number of aliphatic hydroxyl groups is 1. The number of rotatable bonds is 18. The van der Waals surface area contributed by atoms with Crippen LogP contribution in [0.25, 0.3) is 20.9 Å². The Bertz CT molecular complexity index is 1860. The van der Waals surface area contributed by atoms with Crippen molar-refractivity contribution in [3.05, 3.63) is 152 Å². The van der Waals surface area contributed by atoms with Gasteiger partial charge >= 0.3 is 0 Å². The van der Waals surface area contributed by atoms with E-state index >= 15 is 0 Å². The zero-order valence-electron chi connectivity index (χ0n) is 27.6. The van der Waals surface area contributed by atoms with Crippen molar-refractivity contribution in [1.29, 1.82) is 0 Å². The molecule has 2 atom stereocenters. The minimum Gasteiger partial charge on any atom is -0.494 e. The number of aliphatic imine (C=N–C) groups is 1. The van der Waals surface area contributed by atoms with E-state index in [4.69, 9.17) is 25.1 Å². The van der Waals surface area contributed by atoms with Crippen LogP contribution in [0.4, 0.5) is 5.69 Å². The van der Waals surface area contributed by atoms with Gasteiger partial charge in [0, 0.05) is 47.1 Å². The van der Waals surface area contributed by atoms with Crippen LogP contribution in [0.5, 0.6) is 5.75 Å². The van der Waals surface area contributed by atoms with E-state index in [1.54, 1.807) is 42.5 Å². The van der Waals surface area contributed by atoms with E-state index in [1.807, 2.05) is 48.5 Å². The number of nitrogens with zero attached hydrogens (tertiary/aromatic N) is 7. The van der Waals surface area contributed by atoms with Crippen molar-refractivity contribution in [2.24, 2.45) is 15.2 Å². The first-order chi connectivity index (χ1) is 24.6. The predicted molar refractivity (Wildman–Crippen MR) is 191 cm³/mol. The smallest absolute Gasteiger partial charge is 0.266 e. The first-order valence-corrected chi connectivity index (χ1v) is 16.5. The minimum absolute atomic E-state index is 0.0239. The molecule has 0 aromatic heterocycles. The molecule has 4 aromatic rings. The van der Waals surface area contributed by atoms with Gasteiger partial charge < -0.3 is 14.6 Å². The number of azide groups is 2. The van der Waals surface area contributed by atoms with Gasteiger partial charge in [0.05, 0.1) is 13.2 Å². The lowest BCUT2D eigenvalue weighted by atomic mass is 9.80. The topological polar surface area (TPSA) is 190 Å². The average Bonchev–Trinajstić information content (AvgIpc) is 3.54. The van der Waals surface area contributed by atoms with E-state index in [2.05, 4.69) is 43.0 Å². The van der Waals surface area contributed by atoms with Gasteiger partial charge in [-0.1, -0.05) is 89.1 Å². The summed E-state index contributed by atoms with van der Waals surface area (Å²) in [4.78, 5) is 25.6. The fourth-order valence-electron chi connectivity index (χ4n) is 5.84. The lowest BCUT2D eigenvalue weighted by Gasteiger charge is -2.32. The lowest BCUT2D eigenvalue weighted by molar-refractivity contribution is -0.130. The van der Waals surface area contributed by atoms with Crippen LogP contribution in [0.3, 0.4) is 0 Å². The van der Waals surface area contributed by atoms with Gasteiger partial charge in [-0.3, -0.25) is 10.2 Å². The number of hydrogen-bond acceptors (Lipinski definition) is 8. The summed E-state index contributed by atoms with van der Waals surface area (Å²) in [7, 11) is 0. The highest BCUT2D eigenvalue weighted by Crippen LogP contribution is 2.44. The maximum absolute atomic E-state index is 14.6. The second kappa shape index (κ2) is 18.1. The largest absolute Gasteiger partial charge is 0.494 e. The molecule has 1 heterocycles. The van der Waals surface area contributed by atoms with E-state index in [0.29, 0.717) is 53.3 Å². The maximum atomic E-state index is 14.6. The normalized spacial score (nSPS) is 16.3. The summed E-state index contributed by atoms with van der Waals surface area (Å²) in [6.45, 7) is 0.955. The molecule has 13 heteroatoms. The van der Waals surface area contributed by atoms with Crippen LogP contribution in [0, 0.1) is 0 Å². The summed E-state index contributed by atoms with van der Waals surface area (Å²) >= 11 is 0. The molecule has 256 valence electrons. The van der Waals surface area contributed by atoms with Gasteiger partial charge in [0.25, 0.3) is 5.91 Å². The Morgan fingerprint density at radius 3 is 2.40 bits per heavy atom. The molecule has 5 rings (SSSR count). The molecule has 0 fully saturated rings. The molecule has 1 aliphatic heterocycles. The van der Waals surface area contributed by atoms with Gasteiger partial charge in [-0.15, -0.1) is 0 Å². The molecule has 50 heavy (non-hydrogen) atoms. The molecule has 0 bridgehead atoms.